The summed E-state index contributed by atoms with van der Waals surface area (Å²) in [5.74, 6) is 0.752. The number of fused-ring (bicyclic) bond motifs is 3. The predicted octanol–water partition coefficient (Wildman–Crippen LogP) is 5.32. The summed E-state index contributed by atoms with van der Waals surface area (Å²) in [5.41, 5.74) is 4.05. The number of nitrogens with zero attached hydrogens (tertiary/aromatic N) is 1. The minimum atomic E-state index is -0.342. The highest BCUT2D eigenvalue weighted by atomic mass is 79.9. The zero-order valence-electron chi connectivity index (χ0n) is 17.3. The van der Waals surface area contributed by atoms with Gasteiger partial charge >= 0.3 is 0 Å². The van der Waals surface area contributed by atoms with Crippen LogP contribution in [-0.2, 0) is 19.6 Å². The van der Waals surface area contributed by atoms with E-state index in [1.165, 1.54) is 10.4 Å². The van der Waals surface area contributed by atoms with Crippen molar-refractivity contribution in [3.05, 3.63) is 80.1 Å². The Morgan fingerprint density at radius 1 is 1.19 bits per heavy atom. The molecular formula is C24H24BrN3O2S. The fraction of sp³-hybridized carbons (Fsp3) is 0.292. The maximum absolute atomic E-state index is 13.1. The van der Waals surface area contributed by atoms with Crippen LogP contribution in [0.2, 0.25) is 0 Å². The minimum absolute atomic E-state index is 0.00446. The predicted molar refractivity (Wildman–Crippen MR) is 128 cm³/mol. The van der Waals surface area contributed by atoms with Gasteiger partial charge < -0.3 is 15.4 Å². The van der Waals surface area contributed by atoms with E-state index in [0.29, 0.717) is 6.61 Å². The molecule has 0 fully saturated rings. The molecule has 7 heteroatoms. The summed E-state index contributed by atoms with van der Waals surface area (Å²) in [6.07, 6.45) is 0.586. The molecule has 160 valence electrons. The van der Waals surface area contributed by atoms with Crippen molar-refractivity contribution in [1.29, 1.82) is 0 Å². The molecule has 2 N–H and O–H groups in total. The number of halogens is 1. The molecule has 1 unspecified atom stereocenters. The molecule has 5 nitrogen and oxygen atoms in total. The van der Waals surface area contributed by atoms with Crippen LogP contribution in [-0.4, -0.2) is 23.9 Å². The van der Waals surface area contributed by atoms with Crippen molar-refractivity contribution in [3.8, 4) is 5.75 Å². The number of ether oxygens (including phenoxy) is 1. The lowest BCUT2D eigenvalue weighted by Crippen LogP contribution is -2.39. The van der Waals surface area contributed by atoms with Crippen LogP contribution in [0.3, 0.4) is 0 Å². The highest BCUT2D eigenvalue weighted by Gasteiger charge is 2.34. The average molecular weight is 498 g/mol. The molecule has 0 saturated carbocycles. The summed E-state index contributed by atoms with van der Waals surface area (Å²) in [5, 5.41) is 7.69. The van der Waals surface area contributed by atoms with E-state index in [1.54, 1.807) is 11.3 Å². The molecule has 3 aromatic rings. The monoisotopic (exact) mass is 497 g/mol. The molecule has 1 atom stereocenters. The molecule has 31 heavy (non-hydrogen) atoms. The molecule has 2 aromatic carbocycles. The van der Waals surface area contributed by atoms with Crippen LogP contribution in [0, 0.1) is 0 Å². The van der Waals surface area contributed by atoms with E-state index in [0.717, 1.165) is 58.0 Å². The van der Waals surface area contributed by atoms with Gasteiger partial charge in [0.05, 0.1) is 5.56 Å². The summed E-state index contributed by atoms with van der Waals surface area (Å²) in [7, 11) is 0. The number of carbonyl (C=O) groups excluding carboxylic acids is 1. The van der Waals surface area contributed by atoms with Crippen molar-refractivity contribution in [2.75, 3.05) is 18.4 Å². The first-order valence-electron chi connectivity index (χ1n) is 10.5. The number of anilines is 1. The number of hydrogen-bond acceptors (Lipinski definition) is 5. The number of amides is 1. The van der Waals surface area contributed by atoms with E-state index in [4.69, 9.17) is 4.74 Å². The SMILES string of the molecule is CCN1CCc2c(sc3c2C(=O)NC(c2cc(Br)ccc2OCc2ccccc2)N3)C1. The second kappa shape index (κ2) is 8.65. The van der Waals surface area contributed by atoms with Crippen molar-refractivity contribution in [3.63, 3.8) is 0 Å². The number of likely N-dealkylation sites (N-methyl/N-ethyl adjacent to an activating group) is 1. The van der Waals surface area contributed by atoms with E-state index in [2.05, 4.69) is 38.4 Å². The summed E-state index contributed by atoms with van der Waals surface area (Å²) in [6, 6.07) is 16.0. The fourth-order valence-corrected chi connectivity index (χ4v) is 5.90. The van der Waals surface area contributed by atoms with Crippen LogP contribution in [0.25, 0.3) is 0 Å². The molecule has 0 saturated heterocycles. The van der Waals surface area contributed by atoms with Gasteiger partial charge in [-0.1, -0.05) is 53.2 Å². The molecule has 0 spiro atoms. The quantitative estimate of drug-likeness (QED) is 0.500. The van der Waals surface area contributed by atoms with Gasteiger partial charge in [0, 0.05) is 28.0 Å². The van der Waals surface area contributed by atoms with Crippen LogP contribution in [0.5, 0.6) is 5.75 Å². The first kappa shape index (κ1) is 20.5. The van der Waals surface area contributed by atoms with Crippen molar-refractivity contribution in [2.24, 2.45) is 0 Å². The van der Waals surface area contributed by atoms with Gasteiger partial charge in [0.1, 0.15) is 23.5 Å². The second-order valence-corrected chi connectivity index (χ2v) is 9.85. The van der Waals surface area contributed by atoms with Crippen molar-refractivity contribution < 1.29 is 9.53 Å². The van der Waals surface area contributed by atoms with Crippen LogP contribution in [0.1, 0.15) is 45.0 Å². The summed E-state index contributed by atoms with van der Waals surface area (Å²) >= 11 is 5.28. The second-order valence-electron chi connectivity index (χ2n) is 7.83. The van der Waals surface area contributed by atoms with Crippen molar-refractivity contribution in [2.45, 2.75) is 32.7 Å². The molecule has 1 aromatic heterocycles. The normalized spacial score (nSPS) is 18.0. The van der Waals surface area contributed by atoms with Crippen molar-refractivity contribution >= 4 is 38.2 Å². The van der Waals surface area contributed by atoms with Crippen LogP contribution in [0.15, 0.2) is 53.0 Å². The van der Waals surface area contributed by atoms with E-state index in [9.17, 15) is 4.79 Å². The van der Waals surface area contributed by atoms with Crippen LogP contribution < -0.4 is 15.4 Å². The molecule has 2 aliphatic rings. The van der Waals surface area contributed by atoms with Gasteiger partial charge in [0.2, 0.25) is 0 Å². The van der Waals surface area contributed by atoms with Gasteiger partial charge in [-0.25, -0.2) is 0 Å². The third-order valence-corrected chi connectivity index (χ3v) is 7.52. The Hall–Kier alpha value is -2.35. The topological polar surface area (TPSA) is 53.6 Å². The number of hydrogen-bond donors (Lipinski definition) is 2. The number of thiophene rings is 1. The first-order chi connectivity index (χ1) is 15.1. The molecule has 5 rings (SSSR count). The van der Waals surface area contributed by atoms with Gasteiger partial charge in [-0.3, -0.25) is 9.69 Å². The molecule has 0 radical (unpaired) electrons. The summed E-state index contributed by atoms with van der Waals surface area (Å²) in [4.78, 5) is 16.8. The van der Waals surface area contributed by atoms with E-state index < -0.39 is 0 Å². The number of carbonyl (C=O) groups is 1. The molecule has 0 bridgehead atoms. The summed E-state index contributed by atoms with van der Waals surface area (Å²) < 4.78 is 7.09. The third kappa shape index (κ3) is 4.10. The highest BCUT2D eigenvalue weighted by Crippen LogP contribution is 2.42. The van der Waals surface area contributed by atoms with E-state index in [1.807, 2.05) is 48.5 Å². The molecule has 3 heterocycles. The lowest BCUT2D eigenvalue weighted by molar-refractivity contribution is 0.0934. The fourth-order valence-electron chi connectivity index (χ4n) is 4.21. The number of benzene rings is 2. The Kier molecular flexibility index (Phi) is 5.73. The zero-order valence-corrected chi connectivity index (χ0v) is 19.7. The maximum atomic E-state index is 13.1. The largest absolute Gasteiger partial charge is 0.488 e. The third-order valence-electron chi connectivity index (χ3n) is 5.88. The molecule has 0 aliphatic carbocycles. The van der Waals surface area contributed by atoms with Gasteiger partial charge in [-0.2, -0.15) is 0 Å². The molecule has 2 aliphatic heterocycles. The minimum Gasteiger partial charge on any atom is -0.488 e. The Bertz CT molecular complexity index is 1120. The van der Waals surface area contributed by atoms with Gasteiger partial charge in [0.15, 0.2) is 0 Å². The number of nitrogens with one attached hydrogen (secondary N) is 2. The smallest absolute Gasteiger partial charge is 0.256 e. The average Bonchev–Trinajstić information content (AvgIpc) is 3.16. The summed E-state index contributed by atoms with van der Waals surface area (Å²) in [6.45, 7) is 5.62. The Balaban J connectivity index is 1.42. The van der Waals surface area contributed by atoms with E-state index >= 15 is 0 Å². The van der Waals surface area contributed by atoms with E-state index in [-0.39, 0.29) is 12.1 Å². The Labute approximate surface area is 194 Å². The highest BCUT2D eigenvalue weighted by molar-refractivity contribution is 9.10. The van der Waals surface area contributed by atoms with Crippen LogP contribution >= 0.6 is 27.3 Å². The number of rotatable bonds is 5. The van der Waals surface area contributed by atoms with Gasteiger partial charge in [-0.15, -0.1) is 11.3 Å². The molecule has 1 amide bonds. The maximum Gasteiger partial charge on any atom is 0.256 e. The standard InChI is InChI=1S/C24H24BrN3O2S/c1-2-28-11-10-17-20(13-28)31-24-21(17)23(29)26-22(27-24)18-12-16(25)8-9-19(18)30-14-15-6-4-3-5-7-15/h3-9,12,22,27H,2,10-11,13-14H2,1H3,(H,26,29). The van der Waals surface area contributed by atoms with Crippen molar-refractivity contribution in [1.82, 2.24) is 10.2 Å². The Morgan fingerprint density at radius 3 is 2.84 bits per heavy atom. The zero-order chi connectivity index (χ0) is 21.4. The Morgan fingerprint density at radius 2 is 2.03 bits per heavy atom. The lowest BCUT2D eigenvalue weighted by atomic mass is 10.00. The van der Waals surface area contributed by atoms with Gasteiger partial charge in [0.25, 0.3) is 5.91 Å². The molecular weight excluding hydrogens is 474 g/mol. The first-order valence-corrected chi connectivity index (χ1v) is 12.1. The van der Waals surface area contributed by atoms with Crippen LogP contribution in [0.4, 0.5) is 5.00 Å². The van der Waals surface area contributed by atoms with Gasteiger partial charge in [-0.05, 0) is 42.3 Å². The lowest BCUT2D eigenvalue weighted by Gasteiger charge is -2.29.